The van der Waals surface area contributed by atoms with Crippen molar-refractivity contribution in [3.05, 3.63) is 50.1 Å². The summed E-state index contributed by atoms with van der Waals surface area (Å²) in [6, 6.07) is 4.70. The zero-order chi connectivity index (χ0) is 12.4. The summed E-state index contributed by atoms with van der Waals surface area (Å²) in [6.07, 6.45) is 0.145. The zero-order valence-electron chi connectivity index (χ0n) is 9.04. The van der Waals surface area contributed by atoms with Gasteiger partial charge in [0.15, 0.2) is 5.78 Å². The van der Waals surface area contributed by atoms with Crippen molar-refractivity contribution < 1.29 is 9.18 Å². The number of aryl methyl sites for hydroxylation is 1. The second kappa shape index (κ2) is 5.06. The maximum absolute atomic E-state index is 13.7. The Balaban J connectivity index is 2.23. The largest absolute Gasteiger partial charge is 0.294 e. The molecular formula is C12H9BrFNOS. The van der Waals surface area contributed by atoms with Gasteiger partial charge in [0.25, 0.3) is 0 Å². The van der Waals surface area contributed by atoms with E-state index in [0.717, 1.165) is 5.69 Å². The molecule has 1 heterocycles. The molecule has 0 aliphatic heterocycles. The van der Waals surface area contributed by atoms with Gasteiger partial charge in [0, 0.05) is 11.1 Å². The predicted molar refractivity (Wildman–Crippen MR) is 69.0 cm³/mol. The van der Waals surface area contributed by atoms with Crippen LogP contribution in [0.15, 0.2) is 28.1 Å². The lowest BCUT2D eigenvalue weighted by molar-refractivity contribution is 0.0989. The van der Waals surface area contributed by atoms with E-state index in [1.54, 1.807) is 12.1 Å². The highest BCUT2D eigenvalue weighted by Gasteiger charge is 2.15. The molecule has 0 bridgehead atoms. The summed E-state index contributed by atoms with van der Waals surface area (Å²) in [6.45, 7) is 1.87. The second-order valence-corrected chi connectivity index (χ2v) is 5.38. The van der Waals surface area contributed by atoms with Gasteiger partial charge in [-0.3, -0.25) is 4.79 Å². The normalized spacial score (nSPS) is 10.5. The molecule has 0 saturated carbocycles. The molecule has 2 nitrogen and oxygen atoms in total. The number of ketones is 1. The molecule has 0 aliphatic rings. The van der Waals surface area contributed by atoms with Crippen LogP contribution in [-0.2, 0) is 6.42 Å². The van der Waals surface area contributed by atoms with E-state index < -0.39 is 5.82 Å². The quantitative estimate of drug-likeness (QED) is 0.807. The molecule has 1 aromatic heterocycles. The van der Waals surface area contributed by atoms with E-state index in [9.17, 15) is 9.18 Å². The van der Waals surface area contributed by atoms with Crippen molar-refractivity contribution in [2.45, 2.75) is 13.3 Å². The Hall–Kier alpha value is -1.07. The summed E-state index contributed by atoms with van der Waals surface area (Å²) >= 11 is 4.48. The first kappa shape index (κ1) is 12.4. The SMILES string of the molecule is Cc1csc(CC(=O)c2cccc(Br)c2F)n1. The smallest absolute Gasteiger partial charge is 0.172 e. The van der Waals surface area contributed by atoms with Crippen LogP contribution in [0.4, 0.5) is 4.39 Å². The molecule has 17 heavy (non-hydrogen) atoms. The van der Waals surface area contributed by atoms with E-state index >= 15 is 0 Å². The molecule has 0 saturated heterocycles. The Kier molecular flexibility index (Phi) is 3.69. The number of aromatic nitrogens is 1. The van der Waals surface area contributed by atoms with Crippen LogP contribution in [0.5, 0.6) is 0 Å². The van der Waals surface area contributed by atoms with Crippen LogP contribution in [0.1, 0.15) is 21.1 Å². The number of Topliss-reactive ketones (excluding diaryl/α,β-unsaturated/α-hetero) is 1. The maximum Gasteiger partial charge on any atom is 0.172 e. The van der Waals surface area contributed by atoms with Gasteiger partial charge in [-0.2, -0.15) is 0 Å². The van der Waals surface area contributed by atoms with E-state index in [4.69, 9.17) is 0 Å². The minimum Gasteiger partial charge on any atom is -0.294 e. The molecule has 5 heteroatoms. The first-order valence-electron chi connectivity index (χ1n) is 4.96. The van der Waals surface area contributed by atoms with Crippen molar-refractivity contribution in [2.24, 2.45) is 0 Å². The average Bonchev–Trinajstić information content (AvgIpc) is 2.68. The summed E-state index contributed by atoms with van der Waals surface area (Å²) in [5.74, 6) is -0.760. The van der Waals surface area contributed by atoms with Gasteiger partial charge in [-0.25, -0.2) is 9.37 Å². The summed E-state index contributed by atoms with van der Waals surface area (Å²) < 4.78 is 14.0. The number of hydrogen-bond acceptors (Lipinski definition) is 3. The van der Waals surface area contributed by atoms with Crippen molar-refractivity contribution in [1.82, 2.24) is 4.98 Å². The number of rotatable bonds is 3. The molecule has 0 aliphatic carbocycles. The Bertz CT molecular complexity index is 567. The topological polar surface area (TPSA) is 30.0 Å². The lowest BCUT2D eigenvalue weighted by Crippen LogP contribution is -2.06. The average molecular weight is 314 g/mol. The van der Waals surface area contributed by atoms with E-state index in [1.165, 1.54) is 17.4 Å². The van der Waals surface area contributed by atoms with Gasteiger partial charge in [-0.1, -0.05) is 6.07 Å². The van der Waals surface area contributed by atoms with Gasteiger partial charge in [0.2, 0.25) is 0 Å². The number of hydrogen-bond donors (Lipinski definition) is 0. The minimum absolute atomic E-state index is 0.104. The Morgan fingerprint density at radius 2 is 2.29 bits per heavy atom. The fourth-order valence-electron chi connectivity index (χ4n) is 1.44. The monoisotopic (exact) mass is 313 g/mol. The number of halogens is 2. The van der Waals surface area contributed by atoms with Gasteiger partial charge in [0.1, 0.15) is 10.8 Å². The van der Waals surface area contributed by atoms with Crippen molar-refractivity contribution in [1.29, 1.82) is 0 Å². The third-order valence-corrected chi connectivity index (χ3v) is 3.81. The molecule has 0 radical (unpaired) electrons. The van der Waals surface area contributed by atoms with Gasteiger partial charge >= 0.3 is 0 Å². The highest BCUT2D eigenvalue weighted by atomic mass is 79.9. The van der Waals surface area contributed by atoms with Crippen molar-refractivity contribution >= 4 is 33.0 Å². The van der Waals surface area contributed by atoms with Gasteiger partial charge in [-0.05, 0) is 35.0 Å². The van der Waals surface area contributed by atoms with Crippen LogP contribution in [0.3, 0.4) is 0 Å². The van der Waals surface area contributed by atoms with Crippen LogP contribution in [0, 0.1) is 12.7 Å². The fraction of sp³-hybridized carbons (Fsp3) is 0.167. The highest BCUT2D eigenvalue weighted by molar-refractivity contribution is 9.10. The molecule has 1 aromatic carbocycles. The van der Waals surface area contributed by atoms with Crippen LogP contribution in [0.25, 0.3) is 0 Å². The third kappa shape index (κ3) is 2.79. The van der Waals surface area contributed by atoms with Gasteiger partial charge < -0.3 is 0 Å². The standard InChI is InChI=1S/C12H9BrFNOS/c1-7-6-17-11(15-7)5-10(16)8-3-2-4-9(13)12(8)14/h2-4,6H,5H2,1H3. The first-order chi connectivity index (χ1) is 8.08. The van der Waals surface area contributed by atoms with Crippen molar-refractivity contribution in [3.63, 3.8) is 0 Å². The summed E-state index contributed by atoms with van der Waals surface area (Å²) in [5, 5.41) is 2.59. The molecule has 0 amide bonds. The van der Waals surface area contributed by atoms with Gasteiger partial charge in [0.05, 0.1) is 16.5 Å². The van der Waals surface area contributed by atoms with Crippen LogP contribution in [0.2, 0.25) is 0 Å². The fourth-order valence-corrected chi connectivity index (χ4v) is 2.57. The molecule has 88 valence electrons. The lowest BCUT2D eigenvalue weighted by atomic mass is 10.1. The zero-order valence-corrected chi connectivity index (χ0v) is 11.4. The molecule has 0 spiro atoms. The van der Waals surface area contributed by atoms with Crippen LogP contribution >= 0.6 is 27.3 Å². The van der Waals surface area contributed by atoms with Gasteiger partial charge in [-0.15, -0.1) is 11.3 Å². The Morgan fingerprint density at radius 3 is 2.94 bits per heavy atom. The highest BCUT2D eigenvalue weighted by Crippen LogP contribution is 2.20. The molecular weight excluding hydrogens is 305 g/mol. The van der Waals surface area contributed by atoms with E-state index in [2.05, 4.69) is 20.9 Å². The Morgan fingerprint density at radius 1 is 1.53 bits per heavy atom. The number of benzene rings is 1. The molecule has 0 fully saturated rings. The summed E-state index contributed by atoms with van der Waals surface area (Å²) in [5.41, 5.74) is 0.986. The Labute approximate surface area is 111 Å². The molecule has 2 aromatic rings. The first-order valence-corrected chi connectivity index (χ1v) is 6.63. The van der Waals surface area contributed by atoms with E-state index in [-0.39, 0.29) is 17.8 Å². The van der Waals surface area contributed by atoms with Crippen molar-refractivity contribution in [3.8, 4) is 0 Å². The van der Waals surface area contributed by atoms with Crippen LogP contribution in [-0.4, -0.2) is 10.8 Å². The molecule has 0 N–H and O–H groups in total. The maximum atomic E-state index is 13.7. The van der Waals surface area contributed by atoms with Crippen molar-refractivity contribution in [2.75, 3.05) is 0 Å². The third-order valence-electron chi connectivity index (χ3n) is 2.23. The van der Waals surface area contributed by atoms with E-state index in [0.29, 0.717) is 9.48 Å². The minimum atomic E-state index is -0.509. The van der Waals surface area contributed by atoms with Crippen LogP contribution < -0.4 is 0 Å². The van der Waals surface area contributed by atoms with E-state index in [1.807, 2.05) is 12.3 Å². The molecule has 0 unspecified atom stereocenters. The molecule has 0 atom stereocenters. The molecule has 2 rings (SSSR count). The second-order valence-electron chi connectivity index (χ2n) is 3.58. The number of thiazole rings is 1. The number of nitrogens with zero attached hydrogens (tertiary/aromatic N) is 1. The number of carbonyl (C=O) groups is 1. The predicted octanol–water partition coefficient (Wildman–Crippen LogP) is 3.78. The summed E-state index contributed by atoms with van der Waals surface area (Å²) in [4.78, 5) is 16.1. The summed E-state index contributed by atoms with van der Waals surface area (Å²) in [7, 11) is 0. The number of carbonyl (C=O) groups excluding carboxylic acids is 1. The lowest BCUT2D eigenvalue weighted by Gasteiger charge is -2.02.